The molecule has 1 saturated heterocycles. The number of nitrogens with zero attached hydrogens (tertiary/aromatic N) is 2. The molecule has 0 N–H and O–H groups in total. The molecule has 0 amide bonds. The van der Waals surface area contributed by atoms with Crippen LogP contribution in [0.1, 0.15) is 25.8 Å². The smallest absolute Gasteiger partial charge is 0.0254 e. The molecule has 0 unspecified atom stereocenters. The van der Waals surface area contributed by atoms with Crippen LogP contribution in [0.4, 0.5) is 0 Å². The molecule has 2 rings (SSSR count). The molecule has 0 atom stereocenters. The van der Waals surface area contributed by atoms with Gasteiger partial charge in [-0.25, -0.2) is 0 Å². The van der Waals surface area contributed by atoms with Gasteiger partial charge in [-0.05, 0) is 31.9 Å². The van der Waals surface area contributed by atoms with E-state index in [1.807, 2.05) is 0 Å². The minimum Gasteiger partial charge on any atom is -0.357 e. The van der Waals surface area contributed by atoms with E-state index in [1.165, 1.54) is 18.5 Å². The van der Waals surface area contributed by atoms with Gasteiger partial charge in [0.05, 0.1) is 0 Å². The summed E-state index contributed by atoms with van der Waals surface area (Å²) in [6, 6.07) is 2.20. The molecule has 0 radical (unpaired) electrons. The lowest BCUT2D eigenvalue weighted by atomic mass is 9.88. The van der Waals surface area contributed by atoms with E-state index in [1.54, 1.807) is 0 Å². The molecule has 0 bridgehead atoms. The van der Waals surface area contributed by atoms with Gasteiger partial charge in [0.25, 0.3) is 0 Å². The van der Waals surface area contributed by atoms with Gasteiger partial charge in [0.2, 0.25) is 0 Å². The molecule has 1 aliphatic rings. The van der Waals surface area contributed by atoms with E-state index in [2.05, 4.69) is 48.8 Å². The third-order valence-electron chi connectivity index (χ3n) is 3.12. The molecule has 0 saturated carbocycles. The van der Waals surface area contributed by atoms with Crippen LogP contribution in [0.5, 0.6) is 0 Å². The fourth-order valence-corrected chi connectivity index (χ4v) is 1.89. The first-order valence-electron chi connectivity index (χ1n) is 4.94. The van der Waals surface area contributed by atoms with E-state index in [0.717, 1.165) is 6.54 Å². The number of aromatic nitrogens is 1. The summed E-state index contributed by atoms with van der Waals surface area (Å²) < 4.78 is 2.11. The van der Waals surface area contributed by atoms with Crippen LogP contribution < -0.4 is 0 Å². The molecule has 1 aromatic heterocycles. The highest BCUT2D eigenvalue weighted by molar-refractivity contribution is 5.11. The minimum absolute atomic E-state index is 0.426. The Balaban J connectivity index is 1.99. The summed E-state index contributed by atoms with van der Waals surface area (Å²) in [5.74, 6) is 0. The average molecular weight is 178 g/mol. The molecule has 1 aliphatic heterocycles. The second kappa shape index (κ2) is 2.88. The summed E-state index contributed by atoms with van der Waals surface area (Å²) in [6.45, 7) is 6.99. The first kappa shape index (κ1) is 8.82. The fraction of sp³-hybridized carbons (Fsp3) is 0.636. The maximum absolute atomic E-state index is 2.53. The van der Waals surface area contributed by atoms with Gasteiger partial charge in [-0.2, -0.15) is 0 Å². The maximum Gasteiger partial charge on any atom is 0.0254 e. The van der Waals surface area contributed by atoms with Gasteiger partial charge in [0.15, 0.2) is 0 Å². The average Bonchev–Trinajstić information content (AvgIpc) is 2.46. The van der Waals surface area contributed by atoms with E-state index in [9.17, 15) is 0 Å². The second-order valence-electron chi connectivity index (χ2n) is 4.67. The van der Waals surface area contributed by atoms with Gasteiger partial charge in [-0.15, -0.1) is 0 Å². The van der Waals surface area contributed by atoms with E-state index in [0.29, 0.717) is 5.54 Å². The summed E-state index contributed by atoms with van der Waals surface area (Å²) >= 11 is 0. The number of rotatable bonds is 2. The Labute approximate surface area is 80.2 Å². The van der Waals surface area contributed by atoms with Crippen molar-refractivity contribution in [1.82, 2.24) is 9.47 Å². The topological polar surface area (TPSA) is 8.17 Å². The van der Waals surface area contributed by atoms with Crippen LogP contribution in [0.2, 0.25) is 0 Å². The van der Waals surface area contributed by atoms with Gasteiger partial charge in [0, 0.05) is 38.1 Å². The zero-order valence-corrected chi connectivity index (χ0v) is 8.75. The quantitative estimate of drug-likeness (QED) is 0.672. The molecule has 0 aromatic carbocycles. The predicted molar refractivity (Wildman–Crippen MR) is 54.5 cm³/mol. The van der Waals surface area contributed by atoms with Crippen molar-refractivity contribution in [2.75, 3.05) is 6.54 Å². The number of hydrogen-bond acceptors (Lipinski definition) is 1. The van der Waals surface area contributed by atoms with Crippen LogP contribution in [-0.4, -0.2) is 21.6 Å². The van der Waals surface area contributed by atoms with Gasteiger partial charge in [0.1, 0.15) is 0 Å². The number of aryl methyl sites for hydroxylation is 1. The van der Waals surface area contributed by atoms with Crippen LogP contribution >= 0.6 is 0 Å². The van der Waals surface area contributed by atoms with Crippen molar-refractivity contribution in [3.05, 3.63) is 24.0 Å². The zero-order valence-electron chi connectivity index (χ0n) is 8.75. The molecule has 1 aromatic rings. The van der Waals surface area contributed by atoms with Crippen molar-refractivity contribution in [2.24, 2.45) is 7.05 Å². The molecular weight excluding hydrogens is 160 g/mol. The molecular formula is C11H18N2. The summed E-state index contributed by atoms with van der Waals surface area (Å²) in [5.41, 5.74) is 1.85. The van der Waals surface area contributed by atoms with Crippen LogP contribution in [0.25, 0.3) is 0 Å². The summed E-state index contributed by atoms with van der Waals surface area (Å²) in [6.07, 6.45) is 5.65. The van der Waals surface area contributed by atoms with Crippen LogP contribution in [0, 0.1) is 0 Å². The Morgan fingerprint density at radius 2 is 2.23 bits per heavy atom. The lowest BCUT2D eigenvalue weighted by Gasteiger charge is -2.48. The monoisotopic (exact) mass is 178 g/mol. The summed E-state index contributed by atoms with van der Waals surface area (Å²) in [5, 5.41) is 0. The predicted octanol–water partition coefficient (Wildman–Crippen LogP) is 2.01. The van der Waals surface area contributed by atoms with Crippen LogP contribution in [0.15, 0.2) is 18.5 Å². The van der Waals surface area contributed by atoms with Crippen LogP contribution in [-0.2, 0) is 13.6 Å². The molecule has 0 spiro atoms. The second-order valence-corrected chi connectivity index (χ2v) is 4.67. The van der Waals surface area contributed by atoms with Gasteiger partial charge in [-0.1, -0.05) is 0 Å². The van der Waals surface area contributed by atoms with Gasteiger partial charge < -0.3 is 4.57 Å². The highest BCUT2D eigenvalue weighted by atomic mass is 15.2. The molecule has 0 aliphatic carbocycles. The van der Waals surface area contributed by atoms with E-state index in [-0.39, 0.29) is 0 Å². The van der Waals surface area contributed by atoms with Crippen molar-refractivity contribution in [2.45, 2.75) is 32.4 Å². The molecule has 2 nitrogen and oxygen atoms in total. The Hall–Kier alpha value is -0.760. The first-order valence-corrected chi connectivity index (χ1v) is 4.94. The third kappa shape index (κ3) is 1.63. The van der Waals surface area contributed by atoms with E-state index >= 15 is 0 Å². The number of likely N-dealkylation sites (tertiary alicyclic amines) is 1. The maximum atomic E-state index is 2.53. The first-order chi connectivity index (χ1) is 6.08. The molecule has 1 fully saturated rings. The van der Waals surface area contributed by atoms with Crippen molar-refractivity contribution < 1.29 is 0 Å². The molecule has 72 valence electrons. The van der Waals surface area contributed by atoms with Gasteiger partial charge >= 0.3 is 0 Å². The molecule has 2 heterocycles. The standard InChI is InChI=1S/C11H18N2/c1-11(2)5-7-13(11)9-10-4-6-12(3)8-10/h4,6,8H,5,7,9H2,1-3H3. The Kier molecular flexibility index (Phi) is 1.95. The summed E-state index contributed by atoms with van der Waals surface area (Å²) in [4.78, 5) is 2.53. The highest BCUT2D eigenvalue weighted by Gasteiger charge is 2.35. The normalized spacial score (nSPS) is 21.5. The van der Waals surface area contributed by atoms with Crippen molar-refractivity contribution in [3.8, 4) is 0 Å². The molecule has 2 heteroatoms. The van der Waals surface area contributed by atoms with Gasteiger partial charge in [-0.3, -0.25) is 4.90 Å². The Morgan fingerprint density at radius 1 is 1.46 bits per heavy atom. The lowest BCUT2D eigenvalue weighted by molar-refractivity contribution is 0.00795. The largest absolute Gasteiger partial charge is 0.357 e. The lowest BCUT2D eigenvalue weighted by Crippen LogP contribution is -2.54. The zero-order chi connectivity index (χ0) is 9.47. The van der Waals surface area contributed by atoms with Crippen LogP contribution in [0.3, 0.4) is 0 Å². The fourth-order valence-electron chi connectivity index (χ4n) is 1.89. The van der Waals surface area contributed by atoms with Crippen molar-refractivity contribution in [3.63, 3.8) is 0 Å². The highest BCUT2D eigenvalue weighted by Crippen LogP contribution is 2.30. The van der Waals surface area contributed by atoms with Crippen molar-refractivity contribution in [1.29, 1.82) is 0 Å². The summed E-state index contributed by atoms with van der Waals surface area (Å²) in [7, 11) is 2.07. The molecule has 13 heavy (non-hydrogen) atoms. The number of hydrogen-bond donors (Lipinski definition) is 0. The Morgan fingerprint density at radius 3 is 2.62 bits per heavy atom. The third-order valence-corrected chi connectivity index (χ3v) is 3.12. The van der Waals surface area contributed by atoms with Crippen molar-refractivity contribution >= 4 is 0 Å². The Bertz CT molecular complexity index is 299. The van der Waals surface area contributed by atoms with E-state index < -0.39 is 0 Å². The SMILES string of the molecule is Cn1ccc(CN2CCC2(C)C)c1. The minimum atomic E-state index is 0.426. The van der Waals surface area contributed by atoms with E-state index in [4.69, 9.17) is 0 Å².